The summed E-state index contributed by atoms with van der Waals surface area (Å²) >= 11 is 0. The third-order valence-corrected chi connectivity index (χ3v) is 4.40. The maximum Gasteiger partial charge on any atom is 0.0109 e. The van der Waals surface area contributed by atoms with Gasteiger partial charge in [-0.3, -0.25) is 0 Å². The first kappa shape index (κ1) is 12.3. The average Bonchev–Trinajstić information content (AvgIpc) is 3.11. The van der Waals surface area contributed by atoms with Gasteiger partial charge in [-0.15, -0.1) is 0 Å². The number of nitrogens with zero attached hydrogens (tertiary/aromatic N) is 2. The van der Waals surface area contributed by atoms with Crippen molar-refractivity contribution in [3.8, 4) is 0 Å². The van der Waals surface area contributed by atoms with Gasteiger partial charge >= 0.3 is 0 Å². The van der Waals surface area contributed by atoms with Crippen molar-refractivity contribution in [2.75, 3.05) is 33.2 Å². The number of piperidine rings is 1. The molecule has 0 radical (unpaired) electrons. The van der Waals surface area contributed by atoms with Crippen molar-refractivity contribution in [2.24, 2.45) is 11.7 Å². The van der Waals surface area contributed by atoms with Gasteiger partial charge in [0.2, 0.25) is 0 Å². The van der Waals surface area contributed by atoms with Crippen LogP contribution in [0.15, 0.2) is 0 Å². The van der Waals surface area contributed by atoms with E-state index in [0.29, 0.717) is 6.04 Å². The van der Waals surface area contributed by atoms with Gasteiger partial charge in [0.05, 0.1) is 0 Å². The Kier molecular flexibility index (Phi) is 4.22. The van der Waals surface area contributed by atoms with Crippen molar-refractivity contribution in [2.45, 2.75) is 44.7 Å². The van der Waals surface area contributed by atoms with Crippen molar-refractivity contribution in [3.63, 3.8) is 0 Å². The molecule has 1 heterocycles. The van der Waals surface area contributed by atoms with Gasteiger partial charge in [-0.1, -0.05) is 0 Å². The quantitative estimate of drug-likeness (QED) is 0.761. The summed E-state index contributed by atoms with van der Waals surface area (Å²) in [6, 6.07) is 1.24. The summed E-state index contributed by atoms with van der Waals surface area (Å²) in [6.45, 7) is 7.22. The summed E-state index contributed by atoms with van der Waals surface area (Å²) in [5.74, 6) is 0.986. The molecule has 2 N–H and O–H groups in total. The van der Waals surface area contributed by atoms with Crippen LogP contribution in [-0.4, -0.2) is 55.1 Å². The minimum Gasteiger partial charge on any atom is -0.328 e. The van der Waals surface area contributed by atoms with E-state index in [9.17, 15) is 0 Å². The van der Waals surface area contributed by atoms with Crippen LogP contribution >= 0.6 is 0 Å². The molecule has 2 rings (SSSR count). The summed E-state index contributed by atoms with van der Waals surface area (Å²) in [6.07, 6.45) is 5.26. The lowest BCUT2D eigenvalue weighted by Gasteiger charge is -2.33. The molecule has 0 aromatic rings. The number of likely N-dealkylation sites (N-methyl/N-ethyl adjacent to an activating group) is 1. The fraction of sp³-hybridized carbons (Fsp3) is 1.00. The molecule has 3 heteroatoms. The van der Waals surface area contributed by atoms with Crippen LogP contribution in [-0.2, 0) is 0 Å². The predicted octanol–water partition coefficient (Wildman–Crippen LogP) is 1.14. The van der Waals surface area contributed by atoms with E-state index >= 15 is 0 Å². The van der Waals surface area contributed by atoms with E-state index in [-0.39, 0.29) is 0 Å². The minimum atomic E-state index is 0.458. The number of nitrogens with two attached hydrogens (primary N) is 1. The van der Waals surface area contributed by atoms with Crippen molar-refractivity contribution in [3.05, 3.63) is 0 Å². The average molecular weight is 225 g/mol. The maximum atomic E-state index is 5.91. The molecule has 2 aliphatic rings. The highest BCUT2D eigenvalue weighted by Gasteiger charge is 2.30. The molecule has 0 aromatic carbocycles. The van der Waals surface area contributed by atoms with Crippen LogP contribution in [0, 0.1) is 5.92 Å². The molecular formula is C13H27N3. The van der Waals surface area contributed by atoms with Crippen LogP contribution in [0.3, 0.4) is 0 Å². The molecule has 1 atom stereocenters. The monoisotopic (exact) mass is 225 g/mol. The minimum absolute atomic E-state index is 0.458. The van der Waals surface area contributed by atoms with Crippen molar-refractivity contribution in [1.82, 2.24) is 9.80 Å². The van der Waals surface area contributed by atoms with Gasteiger partial charge in [0.25, 0.3) is 0 Å². The molecule has 2 fully saturated rings. The molecule has 1 aliphatic carbocycles. The van der Waals surface area contributed by atoms with Crippen LogP contribution in [0.2, 0.25) is 0 Å². The van der Waals surface area contributed by atoms with Gasteiger partial charge < -0.3 is 15.5 Å². The summed E-state index contributed by atoms with van der Waals surface area (Å²) in [5.41, 5.74) is 5.91. The second-order valence-electron chi connectivity index (χ2n) is 5.74. The van der Waals surface area contributed by atoms with Gasteiger partial charge in [-0.25, -0.2) is 0 Å². The zero-order valence-electron chi connectivity index (χ0n) is 10.9. The van der Waals surface area contributed by atoms with Crippen LogP contribution < -0.4 is 5.73 Å². The van der Waals surface area contributed by atoms with Crippen LogP contribution in [0.5, 0.6) is 0 Å². The van der Waals surface area contributed by atoms with E-state index in [0.717, 1.165) is 12.0 Å². The molecule has 94 valence electrons. The van der Waals surface area contributed by atoms with Gasteiger partial charge in [-0.2, -0.15) is 0 Å². The van der Waals surface area contributed by atoms with E-state index in [2.05, 4.69) is 23.8 Å². The lowest BCUT2D eigenvalue weighted by molar-refractivity contribution is 0.161. The first-order chi connectivity index (χ1) is 7.66. The maximum absolute atomic E-state index is 5.91. The Morgan fingerprint density at radius 2 is 1.88 bits per heavy atom. The first-order valence-corrected chi connectivity index (χ1v) is 6.85. The van der Waals surface area contributed by atoms with Gasteiger partial charge in [-0.05, 0) is 58.7 Å². The molecular weight excluding hydrogens is 198 g/mol. The van der Waals surface area contributed by atoms with Crippen molar-refractivity contribution >= 4 is 0 Å². The Morgan fingerprint density at radius 3 is 2.44 bits per heavy atom. The second-order valence-corrected chi connectivity index (χ2v) is 5.74. The molecule has 1 saturated carbocycles. The number of rotatable bonds is 5. The van der Waals surface area contributed by atoms with E-state index < -0.39 is 0 Å². The van der Waals surface area contributed by atoms with Crippen molar-refractivity contribution < 1.29 is 0 Å². The van der Waals surface area contributed by atoms with Gasteiger partial charge in [0.15, 0.2) is 0 Å². The Bertz CT molecular complexity index is 207. The van der Waals surface area contributed by atoms with Crippen LogP contribution in [0.4, 0.5) is 0 Å². The molecule has 3 nitrogen and oxygen atoms in total. The van der Waals surface area contributed by atoms with Gasteiger partial charge in [0.1, 0.15) is 0 Å². The molecule has 0 spiro atoms. The highest BCUT2D eigenvalue weighted by Crippen LogP contribution is 2.34. The molecule has 1 aliphatic heterocycles. The topological polar surface area (TPSA) is 32.5 Å². The summed E-state index contributed by atoms with van der Waals surface area (Å²) < 4.78 is 0. The van der Waals surface area contributed by atoms with E-state index in [1.54, 1.807) is 0 Å². The Labute approximate surface area is 100.0 Å². The molecule has 0 bridgehead atoms. The first-order valence-electron chi connectivity index (χ1n) is 6.85. The lowest BCUT2D eigenvalue weighted by Crippen LogP contribution is -2.44. The van der Waals surface area contributed by atoms with E-state index in [1.807, 2.05) is 0 Å². The zero-order chi connectivity index (χ0) is 11.5. The van der Waals surface area contributed by atoms with Crippen LogP contribution in [0.1, 0.15) is 32.6 Å². The SMILES string of the molecule is CC(C1CC1)N(C)CCN1CCC(N)CC1. The largest absolute Gasteiger partial charge is 0.328 e. The van der Waals surface area contributed by atoms with E-state index in [4.69, 9.17) is 5.73 Å². The van der Waals surface area contributed by atoms with Crippen LogP contribution in [0.25, 0.3) is 0 Å². The lowest BCUT2D eigenvalue weighted by atomic mass is 10.1. The third-order valence-electron chi connectivity index (χ3n) is 4.40. The summed E-state index contributed by atoms with van der Waals surface area (Å²) in [4.78, 5) is 5.10. The molecule has 1 unspecified atom stereocenters. The standard InChI is InChI=1S/C13H27N3/c1-11(12-3-4-12)15(2)9-10-16-7-5-13(14)6-8-16/h11-13H,3-10,14H2,1-2H3. The second kappa shape index (κ2) is 5.48. The Balaban J connectivity index is 1.62. The zero-order valence-corrected chi connectivity index (χ0v) is 10.9. The summed E-state index contributed by atoms with van der Waals surface area (Å²) in [5, 5.41) is 0. The Hall–Kier alpha value is -0.120. The Morgan fingerprint density at radius 1 is 1.25 bits per heavy atom. The predicted molar refractivity (Wildman–Crippen MR) is 68.5 cm³/mol. The number of likely N-dealkylation sites (tertiary alicyclic amines) is 1. The fourth-order valence-corrected chi connectivity index (χ4v) is 2.62. The van der Waals surface area contributed by atoms with Crippen molar-refractivity contribution in [1.29, 1.82) is 0 Å². The fourth-order valence-electron chi connectivity index (χ4n) is 2.62. The molecule has 1 saturated heterocycles. The third kappa shape index (κ3) is 3.44. The van der Waals surface area contributed by atoms with Gasteiger partial charge in [0, 0.05) is 25.2 Å². The smallest absolute Gasteiger partial charge is 0.0109 e. The number of hydrogen-bond donors (Lipinski definition) is 1. The van der Waals surface area contributed by atoms with E-state index in [1.165, 1.54) is 51.9 Å². The molecule has 0 amide bonds. The number of hydrogen-bond acceptors (Lipinski definition) is 3. The summed E-state index contributed by atoms with van der Waals surface area (Å²) in [7, 11) is 2.28. The highest BCUT2D eigenvalue weighted by atomic mass is 15.2. The molecule has 0 aromatic heterocycles. The molecule has 16 heavy (non-hydrogen) atoms. The highest BCUT2D eigenvalue weighted by molar-refractivity contribution is 4.84. The normalized spacial score (nSPS) is 26.2.